The summed E-state index contributed by atoms with van der Waals surface area (Å²) in [7, 11) is 1.57. The third kappa shape index (κ3) is 4.57. The summed E-state index contributed by atoms with van der Waals surface area (Å²) in [6.07, 6.45) is 0. The normalized spacial score (nSPS) is 22.6. The van der Waals surface area contributed by atoms with E-state index in [4.69, 9.17) is 21.1 Å². The van der Waals surface area contributed by atoms with E-state index in [0.29, 0.717) is 52.7 Å². The number of carbonyl (C=O) groups excluding carboxylic acids is 3. The Kier molecular flexibility index (Phi) is 7.00. The van der Waals surface area contributed by atoms with E-state index in [9.17, 15) is 19.2 Å². The van der Waals surface area contributed by atoms with E-state index in [1.807, 2.05) is 12.1 Å². The lowest BCUT2D eigenvalue weighted by Gasteiger charge is -2.31. The molecule has 0 radical (unpaired) electrons. The van der Waals surface area contributed by atoms with Crippen molar-refractivity contribution in [2.75, 3.05) is 38.3 Å². The lowest BCUT2D eigenvalue weighted by molar-refractivity contribution is -0.136. The van der Waals surface area contributed by atoms with Crippen LogP contribution >= 0.6 is 34.7 Å². The van der Waals surface area contributed by atoms with Gasteiger partial charge in [0, 0.05) is 28.9 Å². The fourth-order valence-electron chi connectivity index (χ4n) is 5.32. The Hall–Kier alpha value is -3.12. The molecule has 4 heterocycles. The number of anilines is 1. The molecule has 0 N–H and O–H groups in total. The minimum absolute atomic E-state index is 0.132. The van der Waals surface area contributed by atoms with Crippen LogP contribution in [0.15, 0.2) is 58.4 Å². The summed E-state index contributed by atoms with van der Waals surface area (Å²) >= 11 is 8.27. The van der Waals surface area contributed by atoms with E-state index in [1.54, 1.807) is 48.4 Å². The first-order chi connectivity index (χ1) is 18.9. The SMILES string of the molecule is COc1ccc([C@@H]2c3sc(=O)n(CC(=O)N4CCOCC4)c3S[C@H]3C(=O)N(c4ccc(Cl)cc4)C(=O)[C@@H]23)cc1. The number of imide groups is 1. The zero-order valence-electron chi connectivity index (χ0n) is 20.9. The van der Waals surface area contributed by atoms with Crippen LogP contribution in [0.1, 0.15) is 16.4 Å². The molecule has 0 spiro atoms. The minimum Gasteiger partial charge on any atom is -0.497 e. The number of amides is 3. The Labute approximate surface area is 237 Å². The summed E-state index contributed by atoms with van der Waals surface area (Å²) in [4.78, 5) is 57.3. The van der Waals surface area contributed by atoms with Crippen molar-refractivity contribution in [1.29, 1.82) is 0 Å². The summed E-state index contributed by atoms with van der Waals surface area (Å²) in [6.45, 7) is 1.72. The number of halogens is 1. The van der Waals surface area contributed by atoms with Crippen molar-refractivity contribution in [1.82, 2.24) is 9.47 Å². The number of carbonyl (C=O) groups is 3. The van der Waals surface area contributed by atoms with Crippen molar-refractivity contribution in [3.63, 3.8) is 0 Å². The van der Waals surface area contributed by atoms with Gasteiger partial charge in [-0.25, -0.2) is 4.90 Å². The maximum absolute atomic E-state index is 13.9. The number of rotatable bonds is 5. The van der Waals surface area contributed by atoms with Gasteiger partial charge in [-0.05, 0) is 42.0 Å². The van der Waals surface area contributed by atoms with Gasteiger partial charge in [0.1, 0.15) is 17.5 Å². The third-order valence-electron chi connectivity index (χ3n) is 7.27. The molecule has 2 fully saturated rings. The van der Waals surface area contributed by atoms with Gasteiger partial charge in [0.25, 0.3) is 0 Å². The first-order valence-electron chi connectivity index (χ1n) is 12.4. The second kappa shape index (κ2) is 10.5. The van der Waals surface area contributed by atoms with Gasteiger partial charge in [-0.1, -0.05) is 46.8 Å². The predicted molar refractivity (Wildman–Crippen MR) is 148 cm³/mol. The van der Waals surface area contributed by atoms with E-state index < -0.39 is 17.1 Å². The van der Waals surface area contributed by atoms with Crippen LogP contribution in [0.5, 0.6) is 5.75 Å². The van der Waals surface area contributed by atoms with Crippen LogP contribution in [0.2, 0.25) is 5.02 Å². The van der Waals surface area contributed by atoms with Gasteiger partial charge in [-0.15, -0.1) is 0 Å². The summed E-state index contributed by atoms with van der Waals surface area (Å²) in [5, 5.41) is 0.302. The lowest BCUT2D eigenvalue weighted by atomic mass is 9.83. The maximum atomic E-state index is 13.9. The molecule has 0 unspecified atom stereocenters. The largest absolute Gasteiger partial charge is 0.497 e. The second-order valence-electron chi connectivity index (χ2n) is 9.42. The quantitative estimate of drug-likeness (QED) is 0.424. The standard InChI is InChI=1S/C27H24ClN3O6S2/c1-36-18-8-2-15(3-9-18)20-21-22(25(34)31(24(21)33)17-6-4-16(28)5-7-17)38-26-23(20)39-27(35)30(26)14-19(32)29-10-12-37-13-11-29/h2-9,20-22H,10-14H2,1H3/t20-,21-,22+/m0/s1. The molecule has 3 amide bonds. The number of benzene rings is 2. The highest BCUT2D eigenvalue weighted by atomic mass is 35.5. The molecule has 6 rings (SSSR count). The first kappa shape index (κ1) is 26.1. The summed E-state index contributed by atoms with van der Waals surface area (Å²) in [5.41, 5.74) is 1.24. The van der Waals surface area contributed by atoms with Gasteiger partial charge in [0.15, 0.2) is 0 Å². The molecule has 0 saturated carbocycles. The van der Waals surface area contributed by atoms with Gasteiger partial charge >= 0.3 is 4.87 Å². The van der Waals surface area contributed by atoms with Gasteiger partial charge in [0.2, 0.25) is 17.7 Å². The topological polar surface area (TPSA) is 98.2 Å². The number of aromatic nitrogens is 1. The molecule has 202 valence electrons. The van der Waals surface area contributed by atoms with Crippen molar-refractivity contribution >= 4 is 58.1 Å². The van der Waals surface area contributed by atoms with Crippen LogP contribution in [0.3, 0.4) is 0 Å². The molecule has 0 bridgehead atoms. The van der Waals surface area contributed by atoms with Crippen molar-refractivity contribution in [3.05, 3.63) is 73.7 Å². The van der Waals surface area contributed by atoms with E-state index >= 15 is 0 Å². The third-order valence-corrected chi connectivity index (χ3v) is 10.1. The van der Waals surface area contributed by atoms with Crippen molar-refractivity contribution in [3.8, 4) is 5.75 Å². The van der Waals surface area contributed by atoms with Gasteiger partial charge in [-0.2, -0.15) is 0 Å². The number of hydrogen-bond acceptors (Lipinski definition) is 8. The number of hydrogen-bond donors (Lipinski definition) is 0. The Morgan fingerprint density at radius 3 is 2.38 bits per heavy atom. The summed E-state index contributed by atoms with van der Waals surface area (Å²) < 4.78 is 12.1. The van der Waals surface area contributed by atoms with Crippen LogP contribution < -0.4 is 14.5 Å². The molecule has 3 aliphatic heterocycles. The van der Waals surface area contributed by atoms with Crippen LogP contribution in [0.25, 0.3) is 0 Å². The Morgan fingerprint density at radius 1 is 1.03 bits per heavy atom. The number of thiazole rings is 1. The van der Waals surface area contributed by atoms with Crippen molar-refractivity contribution in [2.24, 2.45) is 5.92 Å². The van der Waals surface area contributed by atoms with Crippen LogP contribution in [-0.2, 0) is 25.7 Å². The average molecular weight is 586 g/mol. The Balaban J connectivity index is 1.43. The number of thioether (sulfide) groups is 1. The van der Waals surface area contributed by atoms with Crippen LogP contribution in [0, 0.1) is 5.92 Å². The van der Waals surface area contributed by atoms with E-state index in [0.717, 1.165) is 16.9 Å². The second-order valence-corrected chi connectivity index (χ2v) is 12.0. The molecule has 0 aliphatic carbocycles. The molecule has 39 heavy (non-hydrogen) atoms. The van der Waals surface area contributed by atoms with Crippen molar-refractivity contribution in [2.45, 2.75) is 22.7 Å². The van der Waals surface area contributed by atoms with Crippen LogP contribution in [0.4, 0.5) is 5.69 Å². The Morgan fingerprint density at radius 2 is 1.72 bits per heavy atom. The highest BCUT2D eigenvalue weighted by Crippen LogP contribution is 2.54. The van der Waals surface area contributed by atoms with Crippen molar-refractivity contribution < 1.29 is 23.9 Å². The lowest BCUT2D eigenvalue weighted by Crippen LogP contribution is -2.43. The number of fused-ring (bicyclic) bond motifs is 2. The minimum atomic E-state index is -0.758. The molecule has 3 aliphatic rings. The number of ether oxygens (including phenoxy) is 2. The summed E-state index contributed by atoms with van der Waals surface area (Å²) in [6, 6.07) is 13.9. The van der Waals surface area contributed by atoms with Gasteiger partial charge in [-0.3, -0.25) is 23.7 Å². The van der Waals surface area contributed by atoms with E-state index in [2.05, 4.69) is 0 Å². The van der Waals surface area contributed by atoms with E-state index in [1.165, 1.54) is 21.2 Å². The maximum Gasteiger partial charge on any atom is 0.308 e. The first-order valence-corrected chi connectivity index (χ1v) is 14.5. The predicted octanol–water partition coefficient (Wildman–Crippen LogP) is 3.23. The zero-order valence-corrected chi connectivity index (χ0v) is 23.3. The highest BCUT2D eigenvalue weighted by molar-refractivity contribution is 8.00. The molecular formula is C27H24ClN3O6S2. The molecule has 2 aromatic carbocycles. The molecule has 2 saturated heterocycles. The molecule has 12 heteroatoms. The van der Waals surface area contributed by atoms with Gasteiger partial charge in [0.05, 0.1) is 37.0 Å². The van der Waals surface area contributed by atoms with Crippen LogP contribution in [-0.4, -0.2) is 65.9 Å². The average Bonchev–Trinajstić information content (AvgIpc) is 3.40. The number of methoxy groups -OCH3 is 1. The number of nitrogens with zero attached hydrogens (tertiary/aromatic N) is 3. The monoisotopic (exact) mass is 585 g/mol. The smallest absolute Gasteiger partial charge is 0.308 e. The molecule has 3 aromatic rings. The Bertz CT molecular complexity index is 1500. The molecular weight excluding hydrogens is 562 g/mol. The van der Waals surface area contributed by atoms with Gasteiger partial charge < -0.3 is 14.4 Å². The molecule has 3 atom stereocenters. The zero-order chi connectivity index (χ0) is 27.3. The summed E-state index contributed by atoms with van der Waals surface area (Å²) in [5.74, 6) is -1.47. The molecule has 9 nitrogen and oxygen atoms in total. The number of morpholine rings is 1. The fraction of sp³-hybridized carbons (Fsp3) is 0.333. The highest BCUT2D eigenvalue weighted by Gasteiger charge is 2.56. The fourth-order valence-corrected chi connectivity index (χ4v) is 8.22. The van der Waals surface area contributed by atoms with E-state index in [-0.39, 0.29) is 29.1 Å². The molecule has 1 aromatic heterocycles.